The van der Waals surface area contributed by atoms with E-state index in [1.165, 1.54) is 27.7 Å². The van der Waals surface area contributed by atoms with Gasteiger partial charge in [-0.3, -0.25) is 14.4 Å². The quantitative estimate of drug-likeness (QED) is 0.243. The molecular formula is C35H34O5. The summed E-state index contributed by atoms with van der Waals surface area (Å²) in [6.45, 7) is 5.92. The molecule has 0 aliphatic heterocycles. The summed E-state index contributed by atoms with van der Waals surface area (Å²) in [7, 11) is 0. The Morgan fingerprint density at radius 2 is 0.675 bits per heavy atom. The molecule has 0 atom stereocenters. The molecule has 2 N–H and O–H groups in total. The average molecular weight is 535 g/mol. The Balaban J connectivity index is 1.36. The minimum absolute atomic E-state index is 0.0536. The van der Waals surface area contributed by atoms with Gasteiger partial charge in [0.15, 0.2) is 17.3 Å². The van der Waals surface area contributed by atoms with E-state index in [0.29, 0.717) is 35.1 Å². The van der Waals surface area contributed by atoms with Crippen molar-refractivity contribution in [3.63, 3.8) is 0 Å². The molecule has 0 saturated heterocycles. The van der Waals surface area contributed by atoms with Crippen LogP contribution in [0.2, 0.25) is 0 Å². The van der Waals surface area contributed by atoms with Crippen molar-refractivity contribution in [3.8, 4) is 0 Å². The van der Waals surface area contributed by atoms with Crippen LogP contribution in [0.4, 0.5) is 0 Å². The van der Waals surface area contributed by atoms with Crippen molar-refractivity contribution >= 4 is 17.3 Å². The molecule has 4 aromatic rings. The fourth-order valence-corrected chi connectivity index (χ4v) is 4.44. The van der Waals surface area contributed by atoms with E-state index < -0.39 is 11.2 Å². The van der Waals surface area contributed by atoms with Crippen molar-refractivity contribution in [1.29, 1.82) is 0 Å². The van der Waals surface area contributed by atoms with Crippen molar-refractivity contribution in [3.05, 3.63) is 142 Å². The van der Waals surface area contributed by atoms with E-state index in [0.717, 1.165) is 22.3 Å². The molecule has 4 rings (SSSR count). The largest absolute Gasteiger partial charge is 0.382 e. The molecule has 0 aromatic heterocycles. The number of rotatable bonds is 10. The number of carbonyl (C=O) groups excluding carboxylic acids is 3. The summed E-state index contributed by atoms with van der Waals surface area (Å²) in [6, 6.07) is 29.5. The Morgan fingerprint density at radius 1 is 0.450 bits per heavy atom. The van der Waals surface area contributed by atoms with E-state index >= 15 is 0 Å². The molecule has 0 fully saturated rings. The highest BCUT2D eigenvalue weighted by Crippen LogP contribution is 2.19. The summed E-state index contributed by atoms with van der Waals surface area (Å²) < 4.78 is 0. The van der Waals surface area contributed by atoms with Crippen molar-refractivity contribution in [2.24, 2.45) is 0 Å². The van der Waals surface area contributed by atoms with Gasteiger partial charge in [0.25, 0.3) is 0 Å². The zero-order chi connectivity index (χ0) is 29.1. The van der Waals surface area contributed by atoms with Gasteiger partial charge >= 0.3 is 0 Å². The van der Waals surface area contributed by atoms with Gasteiger partial charge in [0, 0.05) is 22.3 Å². The second-order valence-electron chi connectivity index (χ2n) is 11.2. The summed E-state index contributed by atoms with van der Waals surface area (Å²) in [4.78, 5) is 37.5. The summed E-state index contributed by atoms with van der Waals surface area (Å²) in [5, 5.41) is 19.8. The Bertz CT molecular complexity index is 1380. The number of Topliss-reactive ketones (excluding diaryl/α,β-unsaturated/α-hetero) is 2. The fraction of sp³-hybridized carbons (Fsp3) is 0.229. The first-order valence-corrected chi connectivity index (χ1v) is 13.3. The molecule has 0 spiro atoms. The maximum absolute atomic E-state index is 13.0. The van der Waals surface area contributed by atoms with Crippen LogP contribution in [0.15, 0.2) is 97.1 Å². The van der Waals surface area contributed by atoms with Crippen LogP contribution < -0.4 is 0 Å². The maximum Gasteiger partial charge on any atom is 0.193 e. The lowest BCUT2D eigenvalue weighted by Crippen LogP contribution is -2.31. The normalized spacial score (nSPS) is 11.8. The van der Waals surface area contributed by atoms with Gasteiger partial charge in [-0.05, 0) is 62.8 Å². The number of hydrogen-bond donors (Lipinski definition) is 2. The highest BCUT2D eigenvalue weighted by atomic mass is 16.3. The van der Waals surface area contributed by atoms with Crippen LogP contribution in [0.5, 0.6) is 0 Å². The molecule has 0 aliphatic carbocycles. The number of hydrogen-bond acceptors (Lipinski definition) is 5. The smallest absolute Gasteiger partial charge is 0.193 e. The van der Waals surface area contributed by atoms with Gasteiger partial charge in [0.1, 0.15) is 11.2 Å². The average Bonchev–Trinajstić information content (AvgIpc) is 2.92. The third kappa shape index (κ3) is 7.06. The monoisotopic (exact) mass is 534 g/mol. The molecule has 0 amide bonds. The second kappa shape index (κ2) is 11.5. The van der Waals surface area contributed by atoms with Crippen molar-refractivity contribution < 1.29 is 24.6 Å². The van der Waals surface area contributed by atoms with E-state index in [9.17, 15) is 24.6 Å². The van der Waals surface area contributed by atoms with Gasteiger partial charge in [-0.15, -0.1) is 0 Å². The van der Waals surface area contributed by atoms with E-state index in [1.54, 1.807) is 24.3 Å². The lowest BCUT2D eigenvalue weighted by atomic mass is 9.94. The first-order chi connectivity index (χ1) is 18.8. The summed E-state index contributed by atoms with van der Waals surface area (Å²) in [5.74, 6) is -0.684. The molecule has 5 heteroatoms. The summed E-state index contributed by atoms with van der Waals surface area (Å²) in [5.41, 5.74) is 3.49. The van der Waals surface area contributed by atoms with E-state index in [1.807, 2.05) is 72.8 Å². The number of carbonyl (C=O) groups is 3. The molecule has 0 aliphatic rings. The number of ketones is 3. The molecule has 4 aromatic carbocycles. The van der Waals surface area contributed by atoms with Crippen LogP contribution in [0.1, 0.15) is 86.6 Å². The number of aliphatic hydroxyl groups is 2. The fourth-order valence-electron chi connectivity index (χ4n) is 4.44. The SMILES string of the molecule is CC(C)(O)C(=O)c1ccc(Cc2ccc(C(=O)c3ccc(Cc4ccc(C(=O)C(C)(C)O)cc4)cc3)cc2)cc1. The van der Waals surface area contributed by atoms with Crippen molar-refractivity contribution in [2.45, 2.75) is 51.7 Å². The van der Waals surface area contributed by atoms with Gasteiger partial charge in [-0.2, -0.15) is 0 Å². The summed E-state index contributed by atoms with van der Waals surface area (Å²) in [6.07, 6.45) is 1.32. The van der Waals surface area contributed by atoms with Crippen LogP contribution >= 0.6 is 0 Å². The van der Waals surface area contributed by atoms with Gasteiger partial charge in [-0.25, -0.2) is 0 Å². The first kappa shape index (κ1) is 28.8. The molecule has 0 saturated carbocycles. The molecule has 0 radical (unpaired) electrons. The van der Waals surface area contributed by atoms with Crippen molar-refractivity contribution in [2.75, 3.05) is 0 Å². The highest BCUT2D eigenvalue weighted by molar-refractivity contribution is 6.09. The van der Waals surface area contributed by atoms with Gasteiger partial charge in [-0.1, -0.05) is 97.1 Å². The molecular weight excluding hydrogens is 500 g/mol. The first-order valence-electron chi connectivity index (χ1n) is 13.3. The van der Waals surface area contributed by atoms with Crippen LogP contribution in [-0.2, 0) is 12.8 Å². The molecule has 40 heavy (non-hydrogen) atoms. The lowest BCUT2D eigenvalue weighted by Gasteiger charge is -2.15. The molecule has 5 nitrogen and oxygen atoms in total. The number of benzene rings is 4. The highest BCUT2D eigenvalue weighted by Gasteiger charge is 2.25. The summed E-state index contributed by atoms with van der Waals surface area (Å²) >= 11 is 0. The predicted octanol–water partition coefficient (Wildman–Crippen LogP) is 6.01. The topological polar surface area (TPSA) is 91.7 Å². The van der Waals surface area contributed by atoms with E-state index in [4.69, 9.17) is 0 Å². The molecule has 0 heterocycles. The van der Waals surface area contributed by atoms with E-state index in [2.05, 4.69) is 0 Å². The Hall–Kier alpha value is -4.19. The Morgan fingerprint density at radius 3 is 0.900 bits per heavy atom. The van der Waals surface area contributed by atoms with Crippen LogP contribution in [-0.4, -0.2) is 38.8 Å². The maximum atomic E-state index is 13.0. The predicted molar refractivity (Wildman–Crippen MR) is 156 cm³/mol. The third-order valence-electron chi connectivity index (χ3n) is 6.79. The van der Waals surface area contributed by atoms with Gasteiger partial charge in [0.05, 0.1) is 0 Å². The molecule has 0 bridgehead atoms. The second-order valence-corrected chi connectivity index (χ2v) is 11.2. The minimum Gasteiger partial charge on any atom is -0.382 e. The van der Waals surface area contributed by atoms with Gasteiger partial charge < -0.3 is 10.2 Å². The van der Waals surface area contributed by atoms with Crippen molar-refractivity contribution in [1.82, 2.24) is 0 Å². The van der Waals surface area contributed by atoms with Gasteiger partial charge in [0.2, 0.25) is 0 Å². The molecule has 0 unspecified atom stereocenters. The van der Waals surface area contributed by atoms with Crippen LogP contribution in [0.3, 0.4) is 0 Å². The van der Waals surface area contributed by atoms with Crippen LogP contribution in [0, 0.1) is 0 Å². The Labute approximate surface area is 235 Å². The van der Waals surface area contributed by atoms with Crippen LogP contribution in [0.25, 0.3) is 0 Å². The molecule has 204 valence electrons. The standard InChI is InChI=1S/C35H34O5/c1-34(2,39)32(37)29-17-9-25(10-18-29)21-23-5-13-27(14-6-23)31(36)28-15-7-24(8-16-28)22-26-11-19-30(20-12-26)33(38)35(3,4)40/h5-20,39-40H,21-22H2,1-4H3. The zero-order valence-electron chi connectivity index (χ0n) is 23.3. The minimum atomic E-state index is -1.40. The third-order valence-corrected chi connectivity index (χ3v) is 6.79. The lowest BCUT2D eigenvalue weighted by molar-refractivity contribution is 0.0487. The zero-order valence-corrected chi connectivity index (χ0v) is 23.3. The Kier molecular flexibility index (Phi) is 8.29. The van der Waals surface area contributed by atoms with E-state index in [-0.39, 0.29) is 17.3 Å².